The molecule has 112 valence electrons. The van der Waals surface area contributed by atoms with Crippen LogP contribution in [0.2, 0.25) is 0 Å². The second-order valence-corrected chi connectivity index (χ2v) is 5.97. The Morgan fingerprint density at radius 1 is 1.18 bits per heavy atom. The molecular formula is C17H13F2NOS. The summed E-state index contributed by atoms with van der Waals surface area (Å²) < 4.78 is 26.7. The SMILES string of the molecule is Cc1[nH]c2ccccc2c1C(=O)CSc1cc(F)ccc1F. The lowest BCUT2D eigenvalue weighted by Crippen LogP contribution is -2.04. The van der Waals surface area contributed by atoms with Gasteiger partial charge >= 0.3 is 0 Å². The van der Waals surface area contributed by atoms with Crippen LogP contribution in [0.3, 0.4) is 0 Å². The van der Waals surface area contributed by atoms with Gasteiger partial charge in [0.15, 0.2) is 5.78 Å². The number of benzene rings is 2. The van der Waals surface area contributed by atoms with Crippen LogP contribution < -0.4 is 0 Å². The zero-order valence-electron chi connectivity index (χ0n) is 11.8. The summed E-state index contributed by atoms with van der Waals surface area (Å²) in [5.74, 6) is -1.08. The third-order valence-corrected chi connectivity index (χ3v) is 4.45. The molecule has 0 aliphatic rings. The molecule has 3 aromatic rings. The highest BCUT2D eigenvalue weighted by atomic mass is 32.2. The van der Waals surface area contributed by atoms with E-state index in [0.717, 1.165) is 46.6 Å². The Bertz CT molecular complexity index is 857. The van der Waals surface area contributed by atoms with Gasteiger partial charge in [-0.15, -0.1) is 11.8 Å². The number of hydrogen-bond donors (Lipinski definition) is 1. The zero-order valence-corrected chi connectivity index (χ0v) is 12.6. The van der Waals surface area contributed by atoms with Gasteiger partial charge in [0.2, 0.25) is 0 Å². The molecule has 0 aliphatic heterocycles. The van der Waals surface area contributed by atoms with Gasteiger partial charge in [-0.05, 0) is 31.2 Å². The molecule has 0 aliphatic carbocycles. The molecule has 22 heavy (non-hydrogen) atoms. The number of fused-ring (bicyclic) bond motifs is 1. The lowest BCUT2D eigenvalue weighted by molar-refractivity contribution is 0.102. The molecular weight excluding hydrogens is 304 g/mol. The first-order chi connectivity index (χ1) is 10.6. The summed E-state index contributed by atoms with van der Waals surface area (Å²) in [5, 5.41) is 0.852. The van der Waals surface area contributed by atoms with Crippen molar-refractivity contribution in [3.8, 4) is 0 Å². The van der Waals surface area contributed by atoms with Crippen LogP contribution >= 0.6 is 11.8 Å². The van der Waals surface area contributed by atoms with Crippen molar-refractivity contribution in [3.05, 3.63) is 65.4 Å². The fraction of sp³-hybridized carbons (Fsp3) is 0.118. The summed E-state index contributed by atoms with van der Waals surface area (Å²) >= 11 is 1.01. The monoisotopic (exact) mass is 317 g/mol. The van der Waals surface area contributed by atoms with Gasteiger partial charge in [0.1, 0.15) is 11.6 Å². The van der Waals surface area contributed by atoms with Crippen molar-refractivity contribution in [2.24, 2.45) is 0 Å². The van der Waals surface area contributed by atoms with Crippen LogP contribution in [0.15, 0.2) is 47.4 Å². The number of thioether (sulfide) groups is 1. The van der Waals surface area contributed by atoms with Crippen LogP contribution in [-0.4, -0.2) is 16.5 Å². The van der Waals surface area contributed by atoms with Crippen molar-refractivity contribution >= 4 is 28.4 Å². The minimum Gasteiger partial charge on any atom is -0.358 e. The highest BCUT2D eigenvalue weighted by molar-refractivity contribution is 8.00. The average Bonchev–Trinajstić information content (AvgIpc) is 2.83. The summed E-state index contributed by atoms with van der Waals surface area (Å²) in [6.07, 6.45) is 0. The fourth-order valence-corrected chi connectivity index (χ4v) is 3.27. The van der Waals surface area contributed by atoms with Gasteiger partial charge in [0, 0.05) is 27.1 Å². The number of nitrogens with one attached hydrogen (secondary N) is 1. The van der Waals surface area contributed by atoms with Gasteiger partial charge < -0.3 is 4.98 Å². The van der Waals surface area contributed by atoms with Gasteiger partial charge in [-0.25, -0.2) is 8.78 Å². The van der Waals surface area contributed by atoms with Crippen molar-refractivity contribution in [2.45, 2.75) is 11.8 Å². The lowest BCUT2D eigenvalue weighted by Gasteiger charge is -2.04. The Balaban J connectivity index is 1.85. The van der Waals surface area contributed by atoms with Crippen LogP contribution in [0.4, 0.5) is 8.78 Å². The number of ketones is 1. The lowest BCUT2D eigenvalue weighted by atomic mass is 10.1. The summed E-state index contributed by atoms with van der Waals surface area (Å²) in [7, 11) is 0. The second kappa shape index (κ2) is 5.93. The third-order valence-electron chi connectivity index (χ3n) is 3.42. The zero-order chi connectivity index (χ0) is 15.7. The predicted octanol–water partition coefficient (Wildman–Crippen LogP) is 4.73. The summed E-state index contributed by atoms with van der Waals surface area (Å²) in [6.45, 7) is 1.83. The maximum atomic E-state index is 13.6. The third kappa shape index (κ3) is 2.76. The molecule has 1 heterocycles. The number of rotatable bonds is 4. The van der Waals surface area contributed by atoms with Crippen molar-refractivity contribution in [1.82, 2.24) is 4.98 Å². The normalized spacial score (nSPS) is 11.0. The molecule has 5 heteroatoms. The van der Waals surface area contributed by atoms with Crippen LogP contribution in [-0.2, 0) is 0 Å². The minimum atomic E-state index is -0.519. The van der Waals surface area contributed by atoms with Crippen molar-refractivity contribution in [3.63, 3.8) is 0 Å². The van der Waals surface area contributed by atoms with Crippen molar-refractivity contribution in [2.75, 3.05) is 5.75 Å². The number of hydrogen-bond acceptors (Lipinski definition) is 2. The molecule has 0 radical (unpaired) electrons. The van der Waals surface area contributed by atoms with Gasteiger partial charge in [-0.3, -0.25) is 4.79 Å². The Hall–Kier alpha value is -2.14. The van der Waals surface area contributed by atoms with E-state index in [9.17, 15) is 13.6 Å². The summed E-state index contributed by atoms with van der Waals surface area (Å²) in [4.78, 5) is 15.8. The number of carbonyl (C=O) groups is 1. The number of para-hydroxylation sites is 1. The van der Waals surface area contributed by atoms with E-state index in [-0.39, 0.29) is 16.4 Å². The molecule has 2 nitrogen and oxygen atoms in total. The Labute approximate surface area is 130 Å². The molecule has 0 bridgehead atoms. The number of carbonyl (C=O) groups excluding carboxylic acids is 1. The van der Waals surface area contributed by atoms with Gasteiger partial charge in [-0.2, -0.15) is 0 Å². The fourth-order valence-electron chi connectivity index (χ4n) is 2.44. The summed E-state index contributed by atoms with van der Waals surface area (Å²) in [5.41, 5.74) is 2.29. The molecule has 2 aromatic carbocycles. The molecule has 1 N–H and O–H groups in total. The largest absolute Gasteiger partial charge is 0.358 e. The van der Waals surface area contributed by atoms with Crippen molar-refractivity contribution < 1.29 is 13.6 Å². The first-order valence-electron chi connectivity index (χ1n) is 6.74. The maximum Gasteiger partial charge on any atom is 0.175 e. The number of halogens is 2. The smallest absolute Gasteiger partial charge is 0.175 e. The van der Waals surface area contributed by atoms with E-state index in [2.05, 4.69) is 4.98 Å². The number of H-pyrrole nitrogens is 1. The topological polar surface area (TPSA) is 32.9 Å². The number of Topliss-reactive ketones (excluding diaryl/α,β-unsaturated/α-hetero) is 1. The highest BCUT2D eigenvalue weighted by Gasteiger charge is 2.16. The van der Waals surface area contributed by atoms with Crippen LogP contribution in [0, 0.1) is 18.6 Å². The number of aryl methyl sites for hydroxylation is 1. The standard InChI is InChI=1S/C17H13F2NOS/c1-10-17(12-4-2-3-5-14(12)20-10)15(21)9-22-16-8-11(18)6-7-13(16)19/h2-8,20H,9H2,1H3. The maximum absolute atomic E-state index is 13.6. The van der Waals surface area contributed by atoms with Crippen LogP contribution in [0.1, 0.15) is 16.1 Å². The molecule has 0 amide bonds. The predicted molar refractivity (Wildman–Crippen MR) is 84.4 cm³/mol. The quantitative estimate of drug-likeness (QED) is 0.557. The highest BCUT2D eigenvalue weighted by Crippen LogP contribution is 2.27. The van der Waals surface area contributed by atoms with E-state index in [4.69, 9.17) is 0 Å². The van der Waals surface area contributed by atoms with E-state index >= 15 is 0 Å². The van der Waals surface area contributed by atoms with Gasteiger partial charge in [-0.1, -0.05) is 18.2 Å². The molecule has 0 saturated heterocycles. The second-order valence-electron chi connectivity index (χ2n) is 4.96. The number of aromatic amines is 1. The van der Waals surface area contributed by atoms with E-state index in [1.807, 2.05) is 31.2 Å². The molecule has 0 fully saturated rings. The van der Waals surface area contributed by atoms with Crippen molar-refractivity contribution in [1.29, 1.82) is 0 Å². The van der Waals surface area contributed by atoms with Gasteiger partial charge in [0.25, 0.3) is 0 Å². The molecule has 0 atom stereocenters. The Kier molecular flexibility index (Phi) is 3.98. The molecule has 0 saturated carbocycles. The van der Waals surface area contributed by atoms with E-state index in [1.54, 1.807) is 0 Å². The first-order valence-corrected chi connectivity index (χ1v) is 7.73. The minimum absolute atomic E-state index is 0.0586. The van der Waals surface area contributed by atoms with E-state index in [0.29, 0.717) is 5.56 Å². The Morgan fingerprint density at radius 3 is 2.77 bits per heavy atom. The van der Waals surface area contributed by atoms with E-state index in [1.165, 1.54) is 0 Å². The van der Waals surface area contributed by atoms with Gasteiger partial charge in [0.05, 0.1) is 5.75 Å². The average molecular weight is 317 g/mol. The first kappa shape index (κ1) is 14.8. The Morgan fingerprint density at radius 2 is 1.95 bits per heavy atom. The van der Waals surface area contributed by atoms with Crippen LogP contribution in [0.25, 0.3) is 10.9 Å². The van der Waals surface area contributed by atoms with E-state index < -0.39 is 11.6 Å². The summed E-state index contributed by atoms with van der Waals surface area (Å²) in [6, 6.07) is 10.8. The molecule has 3 rings (SSSR count). The molecule has 0 spiro atoms. The molecule has 1 aromatic heterocycles. The molecule has 0 unspecified atom stereocenters. The number of aromatic nitrogens is 1. The van der Waals surface area contributed by atoms with Crippen LogP contribution in [0.5, 0.6) is 0 Å².